The number of benzene rings is 1. The van der Waals surface area contributed by atoms with E-state index < -0.39 is 6.10 Å². The second kappa shape index (κ2) is 6.79. The van der Waals surface area contributed by atoms with Crippen LogP contribution >= 0.6 is 0 Å². The van der Waals surface area contributed by atoms with E-state index in [2.05, 4.69) is 0 Å². The molecule has 0 saturated carbocycles. The van der Waals surface area contributed by atoms with Crippen molar-refractivity contribution in [2.45, 2.75) is 26.9 Å². The lowest BCUT2D eigenvalue weighted by Crippen LogP contribution is -2.40. The first-order chi connectivity index (χ1) is 8.63. The molecule has 0 N–H and O–H groups in total. The number of rotatable bonds is 6. The Kier molecular flexibility index (Phi) is 5.36. The number of aldehydes is 1. The maximum Gasteiger partial charge on any atom is 0.263 e. The molecular weight excluding hydrogens is 230 g/mol. The van der Waals surface area contributed by atoms with Gasteiger partial charge in [-0.25, -0.2) is 0 Å². The van der Waals surface area contributed by atoms with E-state index >= 15 is 0 Å². The van der Waals surface area contributed by atoms with Crippen molar-refractivity contribution in [3.63, 3.8) is 0 Å². The fourth-order valence-corrected chi connectivity index (χ4v) is 1.72. The van der Waals surface area contributed by atoms with Gasteiger partial charge in [-0.2, -0.15) is 0 Å². The molecule has 0 aliphatic carbocycles. The Morgan fingerprint density at radius 1 is 1.33 bits per heavy atom. The van der Waals surface area contributed by atoms with Crippen molar-refractivity contribution in [3.8, 4) is 5.75 Å². The summed E-state index contributed by atoms with van der Waals surface area (Å²) in [7, 11) is 0. The van der Waals surface area contributed by atoms with Crippen molar-refractivity contribution < 1.29 is 14.3 Å². The molecule has 4 nitrogen and oxygen atoms in total. The van der Waals surface area contributed by atoms with Crippen LogP contribution in [0, 0.1) is 0 Å². The third kappa shape index (κ3) is 3.32. The summed E-state index contributed by atoms with van der Waals surface area (Å²) in [5, 5.41) is 0. The van der Waals surface area contributed by atoms with Gasteiger partial charge < -0.3 is 9.64 Å². The molecule has 0 bridgehead atoms. The van der Waals surface area contributed by atoms with E-state index in [1.807, 2.05) is 13.8 Å². The number of amides is 1. The third-order valence-electron chi connectivity index (χ3n) is 2.77. The average Bonchev–Trinajstić information content (AvgIpc) is 2.40. The van der Waals surface area contributed by atoms with E-state index in [1.165, 1.54) is 0 Å². The highest BCUT2D eigenvalue weighted by Gasteiger charge is 2.20. The standard InChI is InChI=1S/C14H19NO3/c1-4-15(5-2)14(17)11(3)18-13-9-7-6-8-12(13)10-16/h6-11H,4-5H2,1-3H3. The molecule has 18 heavy (non-hydrogen) atoms. The largest absolute Gasteiger partial charge is 0.480 e. The lowest BCUT2D eigenvalue weighted by atomic mass is 10.2. The zero-order chi connectivity index (χ0) is 13.5. The Morgan fingerprint density at radius 2 is 1.94 bits per heavy atom. The predicted octanol–water partition coefficient (Wildman–Crippen LogP) is 2.13. The van der Waals surface area contributed by atoms with Crippen molar-refractivity contribution in [3.05, 3.63) is 29.8 Å². The van der Waals surface area contributed by atoms with Gasteiger partial charge in [0.05, 0.1) is 5.56 Å². The third-order valence-corrected chi connectivity index (χ3v) is 2.77. The van der Waals surface area contributed by atoms with Crippen LogP contribution in [-0.2, 0) is 4.79 Å². The highest BCUT2D eigenvalue weighted by molar-refractivity contribution is 5.82. The fraction of sp³-hybridized carbons (Fsp3) is 0.429. The molecule has 1 atom stereocenters. The summed E-state index contributed by atoms with van der Waals surface area (Å²) in [6.07, 6.45) is 0.134. The van der Waals surface area contributed by atoms with Gasteiger partial charge in [0.15, 0.2) is 12.4 Å². The van der Waals surface area contributed by atoms with Gasteiger partial charge in [0.1, 0.15) is 5.75 Å². The Bertz CT molecular complexity index is 413. The maximum atomic E-state index is 12.0. The highest BCUT2D eigenvalue weighted by atomic mass is 16.5. The van der Waals surface area contributed by atoms with Gasteiger partial charge in [-0.1, -0.05) is 12.1 Å². The molecule has 0 spiro atoms. The molecular formula is C14H19NO3. The molecule has 98 valence electrons. The summed E-state index contributed by atoms with van der Waals surface area (Å²) in [6, 6.07) is 6.89. The van der Waals surface area contributed by atoms with Crippen LogP contribution in [0.25, 0.3) is 0 Å². The Labute approximate surface area is 108 Å². The molecule has 1 amide bonds. The van der Waals surface area contributed by atoms with Crippen molar-refractivity contribution in [2.24, 2.45) is 0 Å². The maximum absolute atomic E-state index is 12.0. The Morgan fingerprint density at radius 3 is 2.50 bits per heavy atom. The van der Waals surface area contributed by atoms with Crippen molar-refractivity contribution in [1.82, 2.24) is 4.90 Å². The monoisotopic (exact) mass is 249 g/mol. The van der Waals surface area contributed by atoms with E-state index in [-0.39, 0.29) is 5.91 Å². The zero-order valence-electron chi connectivity index (χ0n) is 11.1. The topological polar surface area (TPSA) is 46.6 Å². The molecule has 0 saturated heterocycles. The van der Waals surface area contributed by atoms with Crippen LogP contribution in [0.4, 0.5) is 0 Å². The van der Waals surface area contributed by atoms with Crippen molar-refractivity contribution >= 4 is 12.2 Å². The summed E-state index contributed by atoms with van der Waals surface area (Å²) < 4.78 is 5.56. The normalized spacial score (nSPS) is 11.7. The fourth-order valence-electron chi connectivity index (χ4n) is 1.72. The van der Waals surface area contributed by atoms with E-state index in [0.717, 1.165) is 6.29 Å². The number of nitrogens with zero attached hydrogens (tertiary/aromatic N) is 1. The molecule has 1 aromatic carbocycles. The van der Waals surface area contributed by atoms with Gasteiger partial charge in [-0.05, 0) is 32.9 Å². The molecule has 1 unspecified atom stereocenters. The van der Waals surface area contributed by atoms with Gasteiger partial charge in [-0.15, -0.1) is 0 Å². The van der Waals surface area contributed by atoms with E-state index in [9.17, 15) is 9.59 Å². The smallest absolute Gasteiger partial charge is 0.263 e. The van der Waals surface area contributed by atoms with Crippen LogP contribution < -0.4 is 4.74 Å². The molecule has 1 aromatic rings. The second-order valence-corrected chi connectivity index (χ2v) is 3.93. The second-order valence-electron chi connectivity index (χ2n) is 3.93. The molecule has 4 heteroatoms. The summed E-state index contributed by atoms with van der Waals surface area (Å²) in [5.41, 5.74) is 0.455. The molecule has 1 rings (SSSR count). The van der Waals surface area contributed by atoms with Crippen molar-refractivity contribution in [2.75, 3.05) is 13.1 Å². The Balaban J connectivity index is 2.77. The van der Waals surface area contributed by atoms with Gasteiger partial charge >= 0.3 is 0 Å². The van der Waals surface area contributed by atoms with Gasteiger partial charge in [0, 0.05) is 13.1 Å². The number of hydrogen-bond acceptors (Lipinski definition) is 3. The van der Waals surface area contributed by atoms with Crippen LogP contribution in [0.3, 0.4) is 0 Å². The minimum atomic E-state index is -0.592. The predicted molar refractivity (Wildman–Crippen MR) is 69.8 cm³/mol. The van der Waals surface area contributed by atoms with Gasteiger partial charge in [0.2, 0.25) is 0 Å². The highest BCUT2D eigenvalue weighted by Crippen LogP contribution is 2.17. The molecule has 0 aromatic heterocycles. The Hall–Kier alpha value is -1.84. The van der Waals surface area contributed by atoms with Crippen LogP contribution in [0.15, 0.2) is 24.3 Å². The number of carbonyl (C=O) groups is 2. The lowest BCUT2D eigenvalue weighted by molar-refractivity contribution is -0.137. The minimum Gasteiger partial charge on any atom is -0.480 e. The average molecular weight is 249 g/mol. The number of para-hydroxylation sites is 1. The number of hydrogen-bond donors (Lipinski definition) is 0. The van der Waals surface area contributed by atoms with Crippen molar-refractivity contribution in [1.29, 1.82) is 0 Å². The zero-order valence-corrected chi connectivity index (χ0v) is 11.1. The summed E-state index contributed by atoms with van der Waals surface area (Å²) in [6.45, 7) is 6.85. The molecule has 0 radical (unpaired) electrons. The summed E-state index contributed by atoms with van der Waals surface area (Å²) >= 11 is 0. The number of ether oxygens (including phenoxy) is 1. The van der Waals surface area contributed by atoms with E-state index in [0.29, 0.717) is 24.4 Å². The van der Waals surface area contributed by atoms with Crippen LogP contribution in [0.1, 0.15) is 31.1 Å². The van der Waals surface area contributed by atoms with Crippen LogP contribution in [0.5, 0.6) is 5.75 Å². The first-order valence-corrected chi connectivity index (χ1v) is 6.13. The minimum absolute atomic E-state index is 0.0688. The van der Waals surface area contributed by atoms with Crippen LogP contribution in [-0.4, -0.2) is 36.3 Å². The molecule has 0 fully saturated rings. The lowest BCUT2D eigenvalue weighted by Gasteiger charge is -2.23. The van der Waals surface area contributed by atoms with Gasteiger partial charge in [0.25, 0.3) is 5.91 Å². The molecule has 0 heterocycles. The summed E-state index contributed by atoms with van der Waals surface area (Å²) in [4.78, 5) is 24.6. The number of likely N-dealkylation sites (N-methyl/N-ethyl adjacent to an activating group) is 1. The molecule has 0 aliphatic heterocycles. The van der Waals surface area contributed by atoms with E-state index in [4.69, 9.17) is 4.74 Å². The quantitative estimate of drug-likeness (QED) is 0.726. The SMILES string of the molecule is CCN(CC)C(=O)C(C)Oc1ccccc1C=O. The number of carbonyl (C=O) groups excluding carboxylic acids is 2. The summed E-state index contributed by atoms with van der Waals surface area (Å²) in [5.74, 6) is 0.376. The van der Waals surface area contributed by atoms with Gasteiger partial charge in [-0.3, -0.25) is 9.59 Å². The van der Waals surface area contributed by atoms with Crippen LogP contribution in [0.2, 0.25) is 0 Å². The van der Waals surface area contributed by atoms with E-state index in [1.54, 1.807) is 36.1 Å². The first-order valence-electron chi connectivity index (χ1n) is 6.13. The molecule has 0 aliphatic rings. The first kappa shape index (κ1) is 14.2.